The number of hydrogen-bond donors (Lipinski definition) is 0. The van der Waals surface area contributed by atoms with Crippen molar-refractivity contribution in [2.45, 2.75) is 12.7 Å². The lowest BCUT2D eigenvalue weighted by Crippen LogP contribution is -2.31. The molecule has 0 fully saturated rings. The second-order valence-corrected chi connectivity index (χ2v) is 6.89. The van der Waals surface area contributed by atoms with Crippen molar-refractivity contribution in [2.75, 3.05) is 20.8 Å². The van der Waals surface area contributed by atoms with Gasteiger partial charge in [0.05, 0.1) is 24.7 Å². The summed E-state index contributed by atoms with van der Waals surface area (Å²) in [5.74, 6) is 1.19. The maximum atomic E-state index is 12.9. The predicted octanol–water partition coefficient (Wildman–Crippen LogP) is 3.74. The van der Waals surface area contributed by atoms with Gasteiger partial charge in [0.15, 0.2) is 11.5 Å². The van der Waals surface area contributed by atoms with E-state index in [9.17, 15) is 9.59 Å². The smallest absolute Gasteiger partial charge is 0.267 e. The van der Waals surface area contributed by atoms with Gasteiger partial charge in [-0.3, -0.25) is 14.5 Å². The zero-order chi connectivity index (χ0) is 19.4. The Bertz CT molecular complexity index is 892. The van der Waals surface area contributed by atoms with Crippen LogP contribution in [-0.4, -0.2) is 37.5 Å². The van der Waals surface area contributed by atoms with Gasteiger partial charge >= 0.3 is 0 Å². The number of carbonyl (C=O) groups is 2. The van der Waals surface area contributed by atoms with Gasteiger partial charge < -0.3 is 9.47 Å². The van der Waals surface area contributed by atoms with Crippen molar-refractivity contribution in [1.82, 2.24) is 4.90 Å². The topological polar surface area (TPSA) is 55.8 Å². The number of likely N-dealkylation sites (N-methyl/N-ethyl adjacent to an activating group) is 1. The van der Waals surface area contributed by atoms with Crippen LogP contribution in [0.2, 0.25) is 0 Å². The molecule has 0 saturated heterocycles. The molecule has 1 heterocycles. The van der Waals surface area contributed by atoms with E-state index in [4.69, 9.17) is 9.47 Å². The van der Waals surface area contributed by atoms with Crippen molar-refractivity contribution >= 4 is 29.1 Å². The molecule has 0 atom stereocenters. The van der Waals surface area contributed by atoms with Crippen molar-refractivity contribution in [3.63, 3.8) is 0 Å². The van der Waals surface area contributed by atoms with Gasteiger partial charge in [0.1, 0.15) is 0 Å². The Labute approximate surface area is 163 Å². The summed E-state index contributed by atoms with van der Waals surface area (Å²) in [7, 11) is 3.10. The molecule has 1 aliphatic rings. The number of amides is 2. The molecule has 0 unspecified atom stereocenters. The van der Waals surface area contributed by atoms with E-state index in [0.29, 0.717) is 39.8 Å². The summed E-state index contributed by atoms with van der Waals surface area (Å²) in [5, 5.41) is 0. The lowest BCUT2D eigenvalue weighted by molar-refractivity contribution is -0.136. The van der Waals surface area contributed by atoms with E-state index in [1.807, 2.05) is 30.3 Å². The van der Waals surface area contributed by atoms with Gasteiger partial charge in [0.2, 0.25) is 0 Å². The maximum Gasteiger partial charge on any atom is 0.267 e. The van der Waals surface area contributed by atoms with Crippen LogP contribution in [0.3, 0.4) is 0 Å². The van der Waals surface area contributed by atoms with Crippen LogP contribution < -0.4 is 9.47 Å². The highest BCUT2D eigenvalue weighted by molar-refractivity contribution is 8.03. The number of rotatable bonds is 7. The second kappa shape index (κ2) is 8.31. The SMILES string of the molecule is CCN1C(=O)C(SCc2ccccc2)=C(c2ccc(OC)c(OC)c2)C1=O. The average molecular weight is 383 g/mol. The van der Waals surface area contributed by atoms with E-state index in [1.54, 1.807) is 39.3 Å². The standard InChI is InChI=1S/C21H21NO4S/c1-4-22-20(23)18(15-10-11-16(25-2)17(12-15)26-3)19(21(22)24)27-13-14-8-6-5-7-9-14/h5-12H,4,13H2,1-3H3. The Morgan fingerprint density at radius 3 is 2.26 bits per heavy atom. The molecule has 3 rings (SSSR count). The molecule has 0 aromatic heterocycles. The molecule has 6 heteroatoms. The molecule has 0 bridgehead atoms. The normalized spacial score (nSPS) is 14.1. The van der Waals surface area contributed by atoms with Crippen LogP contribution in [0.1, 0.15) is 18.1 Å². The monoisotopic (exact) mass is 383 g/mol. The van der Waals surface area contributed by atoms with Crippen molar-refractivity contribution < 1.29 is 19.1 Å². The molecule has 0 saturated carbocycles. The van der Waals surface area contributed by atoms with Gasteiger partial charge in [-0.2, -0.15) is 0 Å². The van der Waals surface area contributed by atoms with E-state index in [1.165, 1.54) is 16.7 Å². The van der Waals surface area contributed by atoms with E-state index in [0.717, 1.165) is 5.56 Å². The third-order valence-electron chi connectivity index (χ3n) is 4.34. The first-order chi connectivity index (χ1) is 13.1. The molecule has 0 radical (unpaired) electrons. The second-order valence-electron chi connectivity index (χ2n) is 5.90. The van der Waals surface area contributed by atoms with Gasteiger partial charge in [-0.25, -0.2) is 0 Å². The lowest BCUT2D eigenvalue weighted by Gasteiger charge is -2.12. The third-order valence-corrected chi connectivity index (χ3v) is 5.49. The van der Waals surface area contributed by atoms with Gasteiger partial charge in [-0.05, 0) is 30.2 Å². The summed E-state index contributed by atoms with van der Waals surface area (Å²) in [5.41, 5.74) is 2.16. The van der Waals surface area contributed by atoms with Crippen LogP contribution in [-0.2, 0) is 15.3 Å². The van der Waals surface area contributed by atoms with Crippen LogP contribution in [0.5, 0.6) is 11.5 Å². The molecular weight excluding hydrogens is 362 g/mol. The van der Waals surface area contributed by atoms with Crippen LogP contribution >= 0.6 is 11.8 Å². The zero-order valence-electron chi connectivity index (χ0n) is 15.5. The number of hydrogen-bond acceptors (Lipinski definition) is 5. The van der Waals surface area contributed by atoms with Crippen LogP contribution in [0.15, 0.2) is 53.4 Å². The average Bonchev–Trinajstić information content (AvgIpc) is 2.95. The minimum Gasteiger partial charge on any atom is -0.493 e. The summed E-state index contributed by atoms with van der Waals surface area (Å²) < 4.78 is 10.6. The van der Waals surface area contributed by atoms with Crippen LogP contribution in [0.4, 0.5) is 0 Å². The maximum absolute atomic E-state index is 12.9. The summed E-state index contributed by atoms with van der Waals surface area (Å²) >= 11 is 1.39. The number of thioether (sulfide) groups is 1. The van der Waals surface area contributed by atoms with E-state index < -0.39 is 0 Å². The van der Waals surface area contributed by atoms with Crippen LogP contribution in [0.25, 0.3) is 5.57 Å². The molecule has 2 amide bonds. The number of nitrogens with zero attached hydrogens (tertiary/aromatic N) is 1. The first-order valence-electron chi connectivity index (χ1n) is 8.60. The first kappa shape index (κ1) is 19.0. The lowest BCUT2D eigenvalue weighted by atomic mass is 10.1. The molecule has 1 aliphatic heterocycles. The molecule has 0 N–H and O–H groups in total. The molecule has 0 spiro atoms. The van der Waals surface area contributed by atoms with Crippen molar-refractivity contribution in [3.8, 4) is 11.5 Å². The fourth-order valence-electron chi connectivity index (χ4n) is 2.95. The Kier molecular flexibility index (Phi) is 5.86. The summed E-state index contributed by atoms with van der Waals surface area (Å²) in [6.07, 6.45) is 0. The van der Waals surface area contributed by atoms with Crippen molar-refractivity contribution in [2.24, 2.45) is 0 Å². The molecule has 2 aromatic rings. The number of carbonyl (C=O) groups excluding carboxylic acids is 2. The summed E-state index contributed by atoms with van der Waals surface area (Å²) in [4.78, 5) is 27.4. The Hall–Kier alpha value is -2.73. The molecular formula is C21H21NO4S. The Balaban J connectivity index is 2.01. The van der Waals surface area contributed by atoms with Crippen molar-refractivity contribution in [3.05, 3.63) is 64.6 Å². The Morgan fingerprint density at radius 2 is 1.63 bits per heavy atom. The zero-order valence-corrected chi connectivity index (χ0v) is 16.3. The van der Waals surface area contributed by atoms with E-state index in [2.05, 4.69) is 0 Å². The highest BCUT2D eigenvalue weighted by Crippen LogP contribution is 2.39. The third kappa shape index (κ3) is 3.71. The minimum atomic E-state index is -0.273. The quantitative estimate of drug-likeness (QED) is 0.682. The summed E-state index contributed by atoms with van der Waals surface area (Å²) in [6, 6.07) is 15.1. The Morgan fingerprint density at radius 1 is 0.926 bits per heavy atom. The van der Waals surface area contributed by atoms with Gasteiger partial charge in [-0.15, -0.1) is 11.8 Å². The number of benzene rings is 2. The van der Waals surface area contributed by atoms with E-state index in [-0.39, 0.29) is 11.8 Å². The largest absolute Gasteiger partial charge is 0.493 e. The molecule has 27 heavy (non-hydrogen) atoms. The minimum absolute atomic E-state index is 0.242. The molecule has 5 nitrogen and oxygen atoms in total. The van der Waals surface area contributed by atoms with Gasteiger partial charge in [0.25, 0.3) is 11.8 Å². The molecule has 2 aromatic carbocycles. The number of methoxy groups -OCH3 is 2. The van der Waals surface area contributed by atoms with Gasteiger partial charge in [0, 0.05) is 12.3 Å². The number of ether oxygens (including phenoxy) is 2. The van der Waals surface area contributed by atoms with E-state index >= 15 is 0 Å². The fourth-order valence-corrected chi connectivity index (χ4v) is 4.04. The first-order valence-corrected chi connectivity index (χ1v) is 9.58. The highest BCUT2D eigenvalue weighted by Gasteiger charge is 2.38. The van der Waals surface area contributed by atoms with Gasteiger partial charge in [-0.1, -0.05) is 36.4 Å². The summed E-state index contributed by atoms with van der Waals surface area (Å²) in [6.45, 7) is 2.14. The highest BCUT2D eigenvalue weighted by atomic mass is 32.2. The molecule has 0 aliphatic carbocycles. The van der Waals surface area contributed by atoms with Crippen LogP contribution in [0, 0.1) is 0 Å². The fraction of sp³-hybridized carbons (Fsp3) is 0.238. The van der Waals surface area contributed by atoms with Crippen molar-refractivity contribution in [1.29, 1.82) is 0 Å². The predicted molar refractivity (Wildman–Crippen MR) is 107 cm³/mol. The molecule has 140 valence electrons. The number of imide groups is 1.